The van der Waals surface area contributed by atoms with Crippen molar-refractivity contribution in [3.05, 3.63) is 18.0 Å². The molecule has 1 aromatic rings. The van der Waals surface area contributed by atoms with E-state index in [-0.39, 0.29) is 0 Å². The molecule has 2 rings (SSSR count). The summed E-state index contributed by atoms with van der Waals surface area (Å²) < 4.78 is 0. The molecule has 15 heavy (non-hydrogen) atoms. The predicted octanol–water partition coefficient (Wildman–Crippen LogP) is 0.985. The van der Waals surface area contributed by atoms with Gasteiger partial charge in [0.05, 0.1) is 6.20 Å². The molecule has 2 N–H and O–H groups in total. The summed E-state index contributed by atoms with van der Waals surface area (Å²) in [5.41, 5.74) is 1.23. The lowest BCUT2D eigenvalue weighted by Gasteiger charge is -2.13. The van der Waals surface area contributed by atoms with Crippen molar-refractivity contribution in [1.29, 1.82) is 0 Å². The molecule has 0 atom stereocenters. The van der Waals surface area contributed by atoms with Crippen molar-refractivity contribution in [1.82, 2.24) is 20.4 Å². The van der Waals surface area contributed by atoms with E-state index in [1.54, 1.807) is 0 Å². The van der Waals surface area contributed by atoms with Crippen LogP contribution in [-0.2, 0) is 6.54 Å². The summed E-state index contributed by atoms with van der Waals surface area (Å²) in [6.45, 7) is 5.89. The largest absolute Gasteiger partial charge is 0.313 e. The number of aromatic nitrogens is 2. The van der Waals surface area contributed by atoms with Gasteiger partial charge in [-0.15, -0.1) is 0 Å². The maximum atomic E-state index is 3.91. The van der Waals surface area contributed by atoms with Gasteiger partial charge < -0.3 is 10.2 Å². The molecule has 0 amide bonds. The summed E-state index contributed by atoms with van der Waals surface area (Å²) in [5.74, 6) is 0. The van der Waals surface area contributed by atoms with Crippen LogP contribution in [-0.4, -0.2) is 41.3 Å². The van der Waals surface area contributed by atoms with E-state index in [0.717, 1.165) is 13.1 Å². The zero-order valence-corrected chi connectivity index (χ0v) is 9.21. The summed E-state index contributed by atoms with van der Waals surface area (Å²) in [5, 5.41) is 10.2. The summed E-state index contributed by atoms with van der Waals surface area (Å²) in [4.78, 5) is 2.56. The van der Waals surface area contributed by atoms with Crippen molar-refractivity contribution in [3.8, 4) is 0 Å². The molecule has 0 bridgehead atoms. The molecule has 4 nitrogen and oxygen atoms in total. The highest BCUT2D eigenvalue weighted by atomic mass is 15.1. The van der Waals surface area contributed by atoms with E-state index in [1.165, 1.54) is 44.5 Å². The Morgan fingerprint density at radius 2 is 2.27 bits per heavy atom. The van der Waals surface area contributed by atoms with E-state index in [2.05, 4.69) is 20.4 Å². The van der Waals surface area contributed by atoms with Crippen LogP contribution in [0.2, 0.25) is 0 Å². The normalized spacial score (nSPS) is 17.3. The van der Waals surface area contributed by atoms with E-state index in [4.69, 9.17) is 0 Å². The van der Waals surface area contributed by atoms with E-state index in [1.807, 2.05) is 12.4 Å². The van der Waals surface area contributed by atoms with Crippen molar-refractivity contribution >= 4 is 0 Å². The SMILES string of the molecule is c1n[nH]cc1CNCCCN1CCCC1. The summed E-state index contributed by atoms with van der Waals surface area (Å²) in [7, 11) is 0. The molecule has 1 aliphatic heterocycles. The smallest absolute Gasteiger partial charge is 0.0532 e. The fourth-order valence-electron chi connectivity index (χ4n) is 2.04. The van der Waals surface area contributed by atoms with Gasteiger partial charge in [-0.1, -0.05) is 0 Å². The van der Waals surface area contributed by atoms with Crippen LogP contribution in [0, 0.1) is 0 Å². The third-order valence-electron chi connectivity index (χ3n) is 2.91. The predicted molar refractivity (Wildman–Crippen MR) is 60.6 cm³/mol. The molecule has 1 fully saturated rings. The first kappa shape index (κ1) is 10.6. The minimum absolute atomic E-state index is 0.927. The second-order valence-corrected chi connectivity index (χ2v) is 4.19. The number of nitrogens with zero attached hydrogens (tertiary/aromatic N) is 2. The molecule has 1 saturated heterocycles. The number of nitrogens with one attached hydrogen (secondary N) is 2. The molecule has 0 saturated carbocycles. The molecular formula is C11H20N4. The highest BCUT2D eigenvalue weighted by molar-refractivity contribution is 5.01. The van der Waals surface area contributed by atoms with Crippen LogP contribution in [0.25, 0.3) is 0 Å². The molecule has 0 unspecified atom stereocenters. The Hall–Kier alpha value is -0.870. The molecule has 2 heterocycles. The highest BCUT2D eigenvalue weighted by Gasteiger charge is 2.09. The Balaban J connectivity index is 1.48. The van der Waals surface area contributed by atoms with Crippen molar-refractivity contribution in [2.24, 2.45) is 0 Å². The monoisotopic (exact) mass is 208 g/mol. The first-order chi connectivity index (χ1) is 7.45. The Morgan fingerprint density at radius 3 is 3.00 bits per heavy atom. The third kappa shape index (κ3) is 3.64. The fraction of sp³-hybridized carbons (Fsp3) is 0.727. The molecule has 1 aliphatic rings. The van der Waals surface area contributed by atoms with Gasteiger partial charge in [0.2, 0.25) is 0 Å². The minimum Gasteiger partial charge on any atom is -0.313 e. The van der Waals surface area contributed by atoms with Gasteiger partial charge in [0.1, 0.15) is 0 Å². The summed E-state index contributed by atoms with van der Waals surface area (Å²) in [6.07, 6.45) is 7.84. The molecule has 0 radical (unpaired) electrons. The highest BCUT2D eigenvalue weighted by Crippen LogP contribution is 2.06. The van der Waals surface area contributed by atoms with Crippen LogP contribution in [0.1, 0.15) is 24.8 Å². The van der Waals surface area contributed by atoms with Gasteiger partial charge in [-0.2, -0.15) is 5.10 Å². The molecule has 0 aliphatic carbocycles. The average Bonchev–Trinajstić information content (AvgIpc) is 2.88. The van der Waals surface area contributed by atoms with E-state index in [9.17, 15) is 0 Å². The topological polar surface area (TPSA) is 44.0 Å². The number of hydrogen-bond donors (Lipinski definition) is 2. The van der Waals surface area contributed by atoms with Crippen LogP contribution in [0.15, 0.2) is 12.4 Å². The molecule has 4 heteroatoms. The average molecular weight is 208 g/mol. The fourth-order valence-corrected chi connectivity index (χ4v) is 2.04. The second-order valence-electron chi connectivity index (χ2n) is 4.19. The Bertz CT molecular complexity index is 252. The molecule has 0 aromatic carbocycles. The maximum absolute atomic E-state index is 3.91. The minimum atomic E-state index is 0.927. The van der Waals surface area contributed by atoms with Crippen LogP contribution < -0.4 is 5.32 Å². The third-order valence-corrected chi connectivity index (χ3v) is 2.91. The molecule has 84 valence electrons. The first-order valence-electron chi connectivity index (χ1n) is 5.86. The van der Waals surface area contributed by atoms with Gasteiger partial charge in [-0.05, 0) is 45.4 Å². The van der Waals surface area contributed by atoms with Crippen LogP contribution in [0.5, 0.6) is 0 Å². The Kier molecular flexibility index (Phi) is 4.17. The number of H-pyrrole nitrogens is 1. The van der Waals surface area contributed by atoms with Gasteiger partial charge >= 0.3 is 0 Å². The van der Waals surface area contributed by atoms with Crippen LogP contribution in [0.3, 0.4) is 0 Å². The van der Waals surface area contributed by atoms with Gasteiger partial charge in [0, 0.05) is 18.3 Å². The van der Waals surface area contributed by atoms with Crippen molar-refractivity contribution in [2.45, 2.75) is 25.8 Å². The number of hydrogen-bond acceptors (Lipinski definition) is 3. The zero-order chi connectivity index (χ0) is 10.3. The Labute approximate surface area is 91.1 Å². The van der Waals surface area contributed by atoms with Crippen molar-refractivity contribution in [3.63, 3.8) is 0 Å². The summed E-state index contributed by atoms with van der Waals surface area (Å²) >= 11 is 0. The van der Waals surface area contributed by atoms with Crippen LogP contribution in [0.4, 0.5) is 0 Å². The lowest BCUT2D eigenvalue weighted by atomic mass is 10.3. The maximum Gasteiger partial charge on any atom is 0.0532 e. The lowest BCUT2D eigenvalue weighted by molar-refractivity contribution is 0.331. The second kappa shape index (κ2) is 5.88. The molecular weight excluding hydrogens is 188 g/mol. The molecule has 1 aromatic heterocycles. The van der Waals surface area contributed by atoms with Gasteiger partial charge in [-0.3, -0.25) is 5.10 Å². The first-order valence-corrected chi connectivity index (χ1v) is 5.86. The van der Waals surface area contributed by atoms with E-state index in [0.29, 0.717) is 0 Å². The van der Waals surface area contributed by atoms with Gasteiger partial charge in [-0.25, -0.2) is 0 Å². The molecule has 0 spiro atoms. The quantitative estimate of drug-likeness (QED) is 0.685. The van der Waals surface area contributed by atoms with Gasteiger partial charge in [0.25, 0.3) is 0 Å². The van der Waals surface area contributed by atoms with Crippen LogP contribution >= 0.6 is 0 Å². The van der Waals surface area contributed by atoms with Gasteiger partial charge in [0.15, 0.2) is 0 Å². The lowest BCUT2D eigenvalue weighted by Crippen LogP contribution is -2.24. The Morgan fingerprint density at radius 1 is 1.40 bits per heavy atom. The van der Waals surface area contributed by atoms with E-state index < -0.39 is 0 Å². The standard InChI is InChI=1S/C11H20N4/c1-2-6-15(5-1)7-3-4-12-8-11-9-13-14-10-11/h9-10,12H,1-8H2,(H,13,14). The summed E-state index contributed by atoms with van der Waals surface area (Å²) in [6, 6.07) is 0. The number of likely N-dealkylation sites (tertiary alicyclic amines) is 1. The number of aromatic amines is 1. The van der Waals surface area contributed by atoms with Crippen molar-refractivity contribution in [2.75, 3.05) is 26.2 Å². The zero-order valence-electron chi connectivity index (χ0n) is 9.21. The van der Waals surface area contributed by atoms with E-state index >= 15 is 0 Å². The van der Waals surface area contributed by atoms with Crippen molar-refractivity contribution < 1.29 is 0 Å². The number of rotatable bonds is 6.